The van der Waals surface area contributed by atoms with Crippen molar-refractivity contribution in [1.82, 2.24) is 0 Å². The second kappa shape index (κ2) is 7.29. The summed E-state index contributed by atoms with van der Waals surface area (Å²) in [5.74, 6) is -0.0694. The summed E-state index contributed by atoms with van der Waals surface area (Å²) < 4.78 is 32.5. The Kier molecular flexibility index (Phi) is 5.58. The summed E-state index contributed by atoms with van der Waals surface area (Å²) in [7, 11) is -2.49. The van der Waals surface area contributed by atoms with E-state index in [9.17, 15) is 13.2 Å². The monoisotopic (exact) mass is 388 g/mol. The summed E-state index contributed by atoms with van der Waals surface area (Å²) in [4.78, 5) is 11.1. The highest BCUT2D eigenvalue weighted by molar-refractivity contribution is 7.92. The Morgan fingerprint density at radius 2 is 1.79 bits per heavy atom. The highest BCUT2D eigenvalue weighted by atomic mass is 35.5. The maximum Gasteiger partial charge on any atom is 0.262 e. The topological polar surface area (TPSA) is 84.5 Å². The van der Waals surface area contributed by atoms with Crippen LogP contribution in [0.5, 0.6) is 5.75 Å². The number of rotatable bonds is 5. The molecule has 6 nitrogen and oxygen atoms in total. The summed E-state index contributed by atoms with van der Waals surface area (Å²) in [5, 5.41) is 3.11. The van der Waals surface area contributed by atoms with Crippen molar-refractivity contribution in [2.45, 2.75) is 11.8 Å². The van der Waals surface area contributed by atoms with Gasteiger partial charge >= 0.3 is 0 Å². The maximum atomic E-state index is 12.5. The maximum absolute atomic E-state index is 12.5. The number of sulfonamides is 1. The van der Waals surface area contributed by atoms with Crippen LogP contribution in [0.25, 0.3) is 0 Å². The van der Waals surface area contributed by atoms with E-state index in [1.165, 1.54) is 50.4 Å². The second-order valence-electron chi connectivity index (χ2n) is 4.78. The molecule has 2 aromatic rings. The Labute approximate surface area is 149 Å². The molecule has 0 aromatic heterocycles. The molecule has 2 rings (SSSR count). The molecule has 1 amide bonds. The standard InChI is InChI=1S/C15H14Cl2N2O4S/c1-9(20)18-14-6-4-11(8-15(14)23-2)24(21,22)19-10-3-5-12(16)13(17)7-10/h3-8,19H,1-2H3,(H,18,20). The van der Waals surface area contributed by atoms with Crippen molar-refractivity contribution in [1.29, 1.82) is 0 Å². The van der Waals surface area contributed by atoms with Gasteiger partial charge in [-0.25, -0.2) is 8.42 Å². The third kappa shape index (κ3) is 4.31. The number of hydrogen-bond acceptors (Lipinski definition) is 4. The van der Waals surface area contributed by atoms with E-state index in [1.807, 2.05) is 0 Å². The van der Waals surface area contributed by atoms with Crippen molar-refractivity contribution in [3.8, 4) is 5.75 Å². The number of ether oxygens (including phenoxy) is 1. The first-order chi connectivity index (χ1) is 11.2. The molecule has 2 N–H and O–H groups in total. The predicted octanol–water partition coefficient (Wildman–Crippen LogP) is 3.76. The fourth-order valence-corrected chi connectivity index (χ4v) is 3.27. The van der Waals surface area contributed by atoms with Crippen molar-refractivity contribution in [3.63, 3.8) is 0 Å². The molecule has 0 unspecified atom stereocenters. The van der Waals surface area contributed by atoms with Crippen LogP contribution < -0.4 is 14.8 Å². The van der Waals surface area contributed by atoms with E-state index in [0.29, 0.717) is 10.7 Å². The van der Waals surface area contributed by atoms with Gasteiger partial charge in [0.1, 0.15) is 5.75 Å². The van der Waals surface area contributed by atoms with E-state index < -0.39 is 10.0 Å². The molecular formula is C15H14Cl2N2O4S. The normalized spacial score (nSPS) is 11.0. The molecule has 128 valence electrons. The molecule has 0 aliphatic rings. The number of hydrogen-bond donors (Lipinski definition) is 2. The van der Waals surface area contributed by atoms with Crippen LogP contribution >= 0.6 is 23.2 Å². The first kappa shape index (κ1) is 18.4. The van der Waals surface area contributed by atoms with E-state index in [0.717, 1.165) is 0 Å². The molecule has 0 heterocycles. The minimum Gasteiger partial charge on any atom is -0.495 e. The van der Waals surface area contributed by atoms with Gasteiger partial charge in [-0.1, -0.05) is 23.2 Å². The van der Waals surface area contributed by atoms with E-state index in [2.05, 4.69) is 10.0 Å². The lowest BCUT2D eigenvalue weighted by Gasteiger charge is -2.13. The first-order valence-corrected chi connectivity index (χ1v) is 8.90. The Morgan fingerprint density at radius 1 is 1.08 bits per heavy atom. The molecule has 9 heteroatoms. The van der Waals surface area contributed by atoms with Gasteiger partial charge < -0.3 is 10.1 Å². The van der Waals surface area contributed by atoms with Gasteiger partial charge in [0.15, 0.2) is 0 Å². The quantitative estimate of drug-likeness (QED) is 0.816. The zero-order valence-corrected chi connectivity index (χ0v) is 15.1. The molecule has 0 spiro atoms. The number of carbonyl (C=O) groups is 1. The number of benzene rings is 2. The van der Waals surface area contributed by atoms with Gasteiger partial charge in [-0.2, -0.15) is 0 Å². The van der Waals surface area contributed by atoms with E-state index in [-0.39, 0.29) is 27.3 Å². The second-order valence-corrected chi connectivity index (χ2v) is 7.27. The average Bonchev–Trinajstić information content (AvgIpc) is 2.50. The van der Waals surface area contributed by atoms with Crippen LogP contribution in [-0.4, -0.2) is 21.4 Å². The lowest BCUT2D eigenvalue weighted by atomic mass is 10.3. The third-order valence-electron chi connectivity index (χ3n) is 2.97. The summed E-state index contributed by atoms with van der Waals surface area (Å²) >= 11 is 11.7. The van der Waals surface area contributed by atoms with Gasteiger partial charge in [0, 0.05) is 13.0 Å². The van der Waals surface area contributed by atoms with Gasteiger partial charge in [0.05, 0.1) is 33.4 Å². The van der Waals surface area contributed by atoms with Crippen LogP contribution in [0.3, 0.4) is 0 Å². The number of carbonyl (C=O) groups excluding carboxylic acids is 1. The van der Waals surface area contributed by atoms with E-state index in [4.69, 9.17) is 27.9 Å². The molecule has 0 atom stereocenters. The number of halogens is 2. The van der Waals surface area contributed by atoms with Gasteiger partial charge in [-0.15, -0.1) is 0 Å². The minimum atomic E-state index is -3.87. The van der Waals surface area contributed by atoms with Crippen LogP contribution in [0, 0.1) is 0 Å². The molecule has 0 aliphatic carbocycles. The number of anilines is 2. The van der Waals surface area contributed by atoms with E-state index >= 15 is 0 Å². The molecule has 0 fully saturated rings. The molecular weight excluding hydrogens is 375 g/mol. The first-order valence-electron chi connectivity index (χ1n) is 6.66. The van der Waals surface area contributed by atoms with Crippen LogP contribution in [0.1, 0.15) is 6.92 Å². The van der Waals surface area contributed by atoms with Crippen molar-refractivity contribution in [3.05, 3.63) is 46.4 Å². The fourth-order valence-electron chi connectivity index (χ4n) is 1.91. The average molecular weight is 389 g/mol. The SMILES string of the molecule is COc1cc(S(=O)(=O)Nc2ccc(Cl)c(Cl)c2)ccc1NC(C)=O. The molecule has 24 heavy (non-hydrogen) atoms. The Bertz CT molecular complexity index is 885. The molecule has 0 bridgehead atoms. The predicted molar refractivity (Wildman–Crippen MR) is 94.6 cm³/mol. The molecule has 0 saturated heterocycles. The largest absolute Gasteiger partial charge is 0.495 e. The third-order valence-corrected chi connectivity index (χ3v) is 5.08. The highest BCUT2D eigenvalue weighted by Crippen LogP contribution is 2.30. The van der Waals surface area contributed by atoms with Crippen molar-refractivity contribution in [2.24, 2.45) is 0 Å². The zero-order valence-electron chi connectivity index (χ0n) is 12.8. The summed E-state index contributed by atoms with van der Waals surface area (Å²) in [6.07, 6.45) is 0. The van der Waals surface area contributed by atoms with Crippen molar-refractivity contribution >= 4 is 50.5 Å². The van der Waals surface area contributed by atoms with Crippen LogP contribution in [0.4, 0.5) is 11.4 Å². The molecule has 0 radical (unpaired) electrons. The number of methoxy groups -OCH3 is 1. The van der Waals surface area contributed by atoms with Gasteiger partial charge in [-0.05, 0) is 30.3 Å². The Morgan fingerprint density at radius 3 is 2.38 bits per heavy atom. The number of amides is 1. The molecule has 0 aliphatic heterocycles. The van der Waals surface area contributed by atoms with Gasteiger partial charge in [0.25, 0.3) is 10.0 Å². The summed E-state index contributed by atoms with van der Waals surface area (Å²) in [6.45, 7) is 1.34. The minimum absolute atomic E-state index is 0.0282. The Hall–Kier alpha value is -1.96. The molecule has 0 saturated carbocycles. The lowest BCUT2D eigenvalue weighted by molar-refractivity contribution is -0.114. The fraction of sp³-hybridized carbons (Fsp3) is 0.133. The van der Waals surface area contributed by atoms with Crippen LogP contribution in [0.15, 0.2) is 41.3 Å². The van der Waals surface area contributed by atoms with Crippen LogP contribution in [-0.2, 0) is 14.8 Å². The number of nitrogens with one attached hydrogen (secondary N) is 2. The zero-order chi connectivity index (χ0) is 17.9. The Balaban J connectivity index is 2.34. The van der Waals surface area contributed by atoms with E-state index in [1.54, 1.807) is 0 Å². The van der Waals surface area contributed by atoms with Gasteiger partial charge in [-0.3, -0.25) is 9.52 Å². The smallest absolute Gasteiger partial charge is 0.262 e. The van der Waals surface area contributed by atoms with Crippen LogP contribution in [0.2, 0.25) is 10.0 Å². The molecule has 2 aromatic carbocycles. The van der Waals surface area contributed by atoms with Crippen molar-refractivity contribution < 1.29 is 17.9 Å². The van der Waals surface area contributed by atoms with Crippen molar-refractivity contribution in [2.75, 3.05) is 17.1 Å². The van der Waals surface area contributed by atoms with Gasteiger partial charge in [0.2, 0.25) is 5.91 Å². The lowest BCUT2D eigenvalue weighted by Crippen LogP contribution is -2.14. The summed E-state index contributed by atoms with van der Waals surface area (Å²) in [5.41, 5.74) is 0.646. The highest BCUT2D eigenvalue weighted by Gasteiger charge is 2.17. The summed E-state index contributed by atoms with van der Waals surface area (Å²) in [6, 6.07) is 8.50.